The SMILES string of the molecule is COc1ccccc1N(C)C(C)CNCC(C)C. The summed E-state index contributed by atoms with van der Waals surface area (Å²) in [4.78, 5) is 2.26. The van der Waals surface area contributed by atoms with Gasteiger partial charge in [0.1, 0.15) is 5.75 Å². The van der Waals surface area contributed by atoms with E-state index in [2.05, 4.69) is 44.1 Å². The van der Waals surface area contributed by atoms with E-state index in [4.69, 9.17) is 4.74 Å². The third-order valence-corrected chi connectivity index (χ3v) is 3.12. The van der Waals surface area contributed by atoms with E-state index < -0.39 is 0 Å². The number of ether oxygens (including phenoxy) is 1. The summed E-state index contributed by atoms with van der Waals surface area (Å²) in [5.41, 5.74) is 1.14. The Kier molecular flexibility index (Phi) is 5.99. The van der Waals surface area contributed by atoms with E-state index in [1.807, 2.05) is 18.2 Å². The van der Waals surface area contributed by atoms with Gasteiger partial charge >= 0.3 is 0 Å². The van der Waals surface area contributed by atoms with E-state index >= 15 is 0 Å². The number of para-hydroxylation sites is 2. The van der Waals surface area contributed by atoms with Crippen LogP contribution in [0.4, 0.5) is 5.69 Å². The molecule has 0 fully saturated rings. The van der Waals surface area contributed by atoms with Gasteiger partial charge < -0.3 is 15.0 Å². The summed E-state index contributed by atoms with van der Waals surface area (Å²) in [7, 11) is 3.83. The normalized spacial score (nSPS) is 12.6. The minimum atomic E-state index is 0.431. The van der Waals surface area contributed by atoms with E-state index in [-0.39, 0.29) is 0 Å². The number of methoxy groups -OCH3 is 1. The van der Waals surface area contributed by atoms with Crippen LogP contribution in [0.1, 0.15) is 20.8 Å². The first kappa shape index (κ1) is 14.8. The molecule has 3 heteroatoms. The molecule has 0 saturated heterocycles. The predicted molar refractivity (Wildman–Crippen MR) is 78.6 cm³/mol. The monoisotopic (exact) mass is 250 g/mol. The molecule has 0 amide bonds. The summed E-state index contributed by atoms with van der Waals surface area (Å²) in [6.07, 6.45) is 0. The van der Waals surface area contributed by atoms with Crippen LogP contribution < -0.4 is 15.0 Å². The van der Waals surface area contributed by atoms with E-state index in [9.17, 15) is 0 Å². The number of rotatable bonds is 7. The molecule has 0 radical (unpaired) electrons. The van der Waals surface area contributed by atoms with Crippen LogP contribution in [0.15, 0.2) is 24.3 Å². The Labute approximate surface area is 111 Å². The zero-order valence-electron chi connectivity index (χ0n) is 12.2. The quantitative estimate of drug-likeness (QED) is 0.805. The largest absolute Gasteiger partial charge is 0.495 e. The van der Waals surface area contributed by atoms with Gasteiger partial charge in [0.15, 0.2) is 0 Å². The molecule has 102 valence electrons. The molecule has 0 bridgehead atoms. The third kappa shape index (κ3) is 4.22. The van der Waals surface area contributed by atoms with Crippen LogP contribution in [0.5, 0.6) is 5.75 Å². The molecule has 0 aliphatic heterocycles. The van der Waals surface area contributed by atoms with Crippen molar-refractivity contribution >= 4 is 5.69 Å². The number of nitrogens with zero attached hydrogens (tertiary/aromatic N) is 1. The lowest BCUT2D eigenvalue weighted by Gasteiger charge is -2.28. The summed E-state index contributed by atoms with van der Waals surface area (Å²) in [6, 6.07) is 8.57. The fraction of sp³-hybridized carbons (Fsp3) is 0.600. The molecule has 1 rings (SSSR count). The highest BCUT2D eigenvalue weighted by molar-refractivity contribution is 5.58. The van der Waals surface area contributed by atoms with Crippen molar-refractivity contribution < 1.29 is 4.74 Å². The highest BCUT2D eigenvalue weighted by Crippen LogP contribution is 2.27. The summed E-state index contributed by atoms with van der Waals surface area (Å²) in [5, 5.41) is 3.49. The predicted octanol–water partition coefficient (Wildman–Crippen LogP) is 2.77. The first-order valence-electron chi connectivity index (χ1n) is 6.62. The molecular weight excluding hydrogens is 224 g/mol. The molecule has 0 aliphatic carbocycles. The van der Waals surface area contributed by atoms with Gasteiger partial charge in [0.25, 0.3) is 0 Å². The van der Waals surface area contributed by atoms with Crippen molar-refractivity contribution in [3.05, 3.63) is 24.3 Å². The minimum absolute atomic E-state index is 0.431. The Morgan fingerprint density at radius 2 is 1.83 bits per heavy atom. The van der Waals surface area contributed by atoms with Gasteiger partial charge in [-0.2, -0.15) is 0 Å². The lowest BCUT2D eigenvalue weighted by atomic mass is 10.2. The number of nitrogens with one attached hydrogen (secondary N) is 1. The number of hydrogen-bond acceptors (Lipinski definition) is 3. The van der Waals surface area contributed by atoms with E-state index in [0.717, 1.165) is 24.5 Å². The molecule has 0 aromatic heterocycles. The number of anilines is 1. The first-order chi connectivity index (χ1) is 8.56. The van der Waals surface area contributed by atoms with Crippen LogP contribution in [-0.4, -0.2) is 33.3 Å². The molecule has 0 saturated carbocycles. The van der Waals surface area contributed by atoms with E-state index in [0.29, 0.717) is 12.0 Å². The molecule has 0 aliphatic rings. The standard InChI is InChI=1S/C15H26N2O/c1-12(2)10-16-11-13(3)17(4)14-8-6-7-9-15(14)18-5/h6-9,12-13,16H,10-11H2,1-5H3. The van der Waals surface area contributed by atoms with Crippen molar-refractivity contribution in [2.24, 2.45) is 5.92 Å². The second kappa shape index (κ2) is 7.27. The molecule has 1 N–H and O–H groups in total. The first-order valence-corrected chi connectivity index (χ1v) is 6.62. The van der Waals surface area contributed by atoms with Crippen molar-refractivity contribution in [3.8, 4) is 5.75 Å². The second-order valence-electron chi connectivity index (χ2n) is 5.18. The zero-order chi connectivity index (χ0) is 13.5. The van der Waals surface area contributed by atoms with Gasteiger partial charge in [-0.3, -0.25) is 0 Å². The Hall–Kier alpha value is -1.22. The molecule has 1 aromatic carbocycles. The Morgan fingerprint density at radius 3 is 2.44 bits per heavy atom. The van der Waals surface area contributed by atoms with Crippen LogP contribution in [0.25, 0.3) is 0 Å². The molecule has 0 heterocycles. The van der Waals surface area contributed by atoms with Gasteiger partial charge in [-0.15, -0.1) is 0 Å². The number of hydrogen-bond donors (Lipinski definition) is 1. The topological polar surface area (TPSA) is 24.5 Å². The minimum Gasteiger partial charge on any atom is -0.495 e. The average molecular weight is 250 g/mol. The number of likely N-dealkylation sites (N-methyl/N-ethyl adjacent to an activating group) is 1. The summed E-state index contributed by atoms with van der Waals surface area (Å²) in [6.45, 7) is 8.71. The summed E-state index contributed by atoms with van der Waals surface area (Å²) >= 11 is 0. The van der Waals surface area contributed by atoms with Gasteiger partial charge in [-0.1, -0.05) is 26.0 Å². The maximum absolute atomic E-state index is 5.40. The molecule has 3 nitrogen and oxygen atoms in total. The van der Waals surface area contributed by atoms with E-state index in [1.54, 1.807) is 7.11 Å². The van der Waals surface area contributed by atoms with Crippen molar-refractivity contribution in [1.29, 1.82) is 0 Å². The molecular formula is C15H26N2O. The summed E-state index contributed by atoms with van der Waals surface area (Å²) in [5.74, 6) is 1.62. The highest BCUT2D eigenvalue weighted by atomic mass is 16.5. The van der Waals surface area contributed by atoms with Gasteiger partial charge in [-0.25, -0.2) is 0 Å². The fourth-order valence-electron chi connectivity index (χ4n) is 1.88. The van der Waals surface area contributed by atoms with Crippen LogP contribution >= 0.6 is 0 Å². The van der Waals surface area contributed by atoms with Gasteiger partial charge in [0.05, 0.1) is 12.8 Å². The molecule has 1 aromatic rings. The van der Waals surface area contributed by atoms with Crippen molar-refractivity contribution in [3.63, 3.8) is 0 Å². The van der Waals surface area contributed by atoms with Gasteiger partial charge in [-0.05, 0) is 31.5 Å². The Balaban J connectivity index is 2.59. The molecule has 18 heavy (non-hydrogen) atoms. The fourth-order valence-corrected chi connectivity index (χ4v) is 1.88. The smallest absolute Gasteiger partial charge is 0.142 e. The van der Waals surface area contributed by atoms with Gasteiger partial charge in [0, 0.05) is 19.6 Å². The van der Waals surface area contributed by atoms with Crippen LogP contribution in [-0.2, 0) is 0 Å². The Bertz CT molecular complexity index is 352. The highest BCUT2D eigenvalue weighted by Gasteiger charge is 2.13. The van der Waals surface area contributed by atoms with Crippen molar-refractivity contribution in [2.75, 3.05) is 32.1 Å². The van der Waals surface area contributed by atoms with Crippen LogP contribution in [0.3, 0.4) is 0 Å². The molecule has 1 atom stereocenters. The zero-order valence-corrected chi connectivity index (χ0v) is 12.2. The second-order valence-corrected chi connectivity index (χ2v) is 5.18. The van der Waals surface area contributed by atoms with Crippen molar-refractivity contribution in [2.45, 2.75) is 26.8 Å². The maximum Gasteiger partial charge on any atom is 0.142 e. The van der Waals surface area contributed by atoms with E-state index in [1.165, 1.54) is 0 Å². The molecule has 0 spiro atoms. The summed E-state index contributed by atoms with van der Waals surface area (Å²) < 4.78 is 5.40. The van der Waals surface area contributed by atoms with Crippen LogP contribution in [0.2, 0.25) is 0 Å². The lowest BCUT2D eigenvalue weighted by Crippen LogP contribution is -2.39. The Morgan fingerprint density at radius 1 is 1.17 bits per heavy atom. The molecule has 1 unspecified atom stereocenters. The number of benzene rings is 1. The maximum atomic E-state index is 5.40. The lowest BCUT2D eigenvalue weighted by molar-refractivity contribution is 0.413. The average Bonchev–Trinajstić information content (AvgIpc) is 2.37. The van der Waals surface area contributed by atoms with Crippen molar-refractivity contribution in [1.82, 2.24) is 5.32 Å². The third-order valence-electron chi connectivity index (χ3n) is 3.12. The van der Waals surface area contributed by atoms with Crippen LogP contribution in [0, 0.1) is 5.92 Å². The van der Waals surface area contributed by atoms with Gasteiger partial charge in [0.2, 0.25) is 0 Å².